The zero-order valence-corrected chi connectivity index (χ0v) is 13.4. The molecule has 0 aliphatic carbocycles. The van der Waals surface area contributed by atoms with Crippen LogP contribution in [0.25, 0.3) is 0 Å². The number of nitrogens with one attached hydrogen (secondary N) is 1. The van der Waals surface area contributed by atoms with Crippen molar-refractivity contribution in [1.82, 2.24) is 10.2 Å². The SMILES string of the molecule is CCNC1CCN(Cc2cccc(OC)c2F)CC1CC. The van der Waals surface area contributed by atoms with Gasteiger partial charge in [0.25, 0.3) is 0 Å². The summed E-state index contributed by atoms with van der Waals surface area (Å²) in [6.45, 7) is 8.13. The summed E-state index contributed by atoms with van der Waals surface area (Å²) in [6, 6.07) is 5.99. The van der Waals surface area contributed by atoms with E-state index in [4.69, 9.17) is 4.74 Å². The minimum absolute atomic E-state index is 0.221. The molecule has 1 aliphatic rings. The fourth-order valence-electron chi connectivity index (χ4n) is 3.27. The number of rotatable bonds is 6. The second-order valence-electron chi connectivity index (χ2n) is 5.79. The van der Waals surface area contributed by atoms with Crippen molar-refractivity contribution < 1.29 is 9.13 Å². The zero-order valence-electron chi connectivity index (χ0n) is 13.4. The first-order valence-corrected chi connectivity index (χ1v) is 7.96. The van der Waals surface area contributed by atoms with Crippen molar-refractivity contribution in [3.8, 4) is 5.75 Å². The van der Waals surface area contributed by atoms with Gasteiger partial charge in [-0.2, -0.15) is 0 Å². The molecule has 0 radical (unpaired) electrons. The van der Waals surface area contributed by atoms with Gasteiger partial charge in [-0.1, -0.05) is 32.4 Å². The second kappa shape index (κ2) is 7.76. The Kier molecular flexibility index (Phi) is 6.00. The molecule has 0 spiro atoms. The number of likely N-dealkylation sites (tertiary alicyclic amines) is 1. The first-order chi connectivity index (χ1) is 10.2. The van der Waals surface area contributed by atoms with E-state index in [1.165, 1.54) is 7.11 Å². The summed E-state index contributed by atoms with van der Waals surface area (Å²) in [4.78, 5) is 2.36. The summed E-state index contributed by atoms with van der Waals surface area (Å²) in [5.41, 5.74) is 0.728. The number of piperidine rings is 1. The molecule has 1 aromatic carbocycles. The second-order valence-corrected chi connectivity index (χ2v) is 5.79. The number of hydrogen-bond acceptors (Lipinski definition) is 3. The molecule has 0 amide bonds. The maximum atomic E-state index is 14.2. The normalized spacial score (nSPS) is 23.2. The number of halogens is 1. The topological polar surface area (TPSA) is 24.5 Å². The van der Waals surface area contributed by atoms with Crippen LogP contribution in [0, 0.1) is 11.7 Å². The van der Waals surface area contributed by atoms with Gasteiger partial charge in [0.2, 0.25) is 0 Å². The van der Waals surface area contributed by atoms with Crippen LogP contribution in [0.15, 0.2) is 18.2 Å². The third-order valence-electron chi connectivity index (χ3n) is 4.47. The Morgan fingerprint density at radius 1 is 1.38 bits per heavy atom. The molecule has 2 atom stereocenters. The number of hydrogen-bond donors (Lipinski definition) is 1. The molecule has 0 bridgehead atoms. The molecule has 3 nitrogen and oxygen atoms in total. The first kappa shape index (κ1) is 16.2. The predicted octanol–water partition coefficient (Wildman–Crippen LogP) is 3.04. The van der Waals surface area contributed by atoms with E-state index in [2.05, 4.69) is 24.1 Å². The van der Waals surface area contributed by atoms with Gasteiger partial charge in [-0.3, -0.25) is 4.90 Å². The molecule has 2 unspecified atom stereocenters. The van der Waals surface area contributed by atoms with Gasteiger partial charge in [0.05, 0.1) is 7.11 Å². The summed E-state index contributed by atoms with van der Waals surface area (Å²) in [5.74, 6) is 0.760. The molecule has 1 heterocycles. The average Bonchev–Trinajstić information content (AvgIpc) is 2.51. The monoisotopic (exact) mass is 294 g/mol. The van der Waals surface area contributed by atoms with Crippen LogP contribution in [-0.2, 0) is 6.54 Å². The van der Waals surface area contributed by atoms with Crippen LogP contribution in [0.4, 0.5) is 4.39 Å². The number of benzene rings is 1. The number of methoxy groups -OCH3 is 1. The summed E-state index contributed by atoms with van der Waals surface area (Å²) in [5, 5.41) is 3.58. The van der Waals surface area contributed by atoms with Gasteiger partial charge in [0, 0.05) is 24.7 Å². The van der Waals surface area contributed by atoms with E-state index < -0.39 is 0 Å². The van der Waals surface area contributed by atoms with Crippen molar-refractivity contribution in [1.29, 1.82) is 0 Å². The van der Waals surface area contributed by atoms with Crippen molar-refractivity contribution in [2.24, 2.45) is 5.92 Å². The Bertz CT molecular complexity index is 452. The van der Waals surface area contributed by atoms with Gasteiger partial charge in [0.15, 0.2) is 11.6 Å². The lowest BCUT2D eigenvalue weighted by atomic mass is 9.89. The molecular formula is C17H27FN2O. The van der Waals surface area contributed by atoms with Crippen molar-refractivity contribution in [3.63, 3.8) is 0 Å². The molecule has 0 saturated carbocycles. The predicted molar refractivity (Wildman–Crippen MR) is 84.1 cm³/mol. The van der Waals surface area contributed by atoms with E-state index in [0.29, 0.717) is 24.3 Å². The van der Waals surface area contributed by atoms with Crippen molar-refractivity contribution >= 4 is 0 Å². The molecule has 1 aromatic rings. The third-order valence-corrected chi connectivity index (χ3v) is 4.47. The minimum Gasteiger partial charge on any atom is -0.494 e. The van der Waals surface area contributed by atoms with Crippen LogP contribution < -0.4 is 10.1 Å². The summed E-state index contributed by atoms with van der Waals surface area (Å²) >= 11 is 0. The molecule has 1 saturated heterocycles. The molecule has 1 fully saturated rings. The fourth-order valence-corrected chi connectivity index (χ4v) is 3.27. The largest absolute Gasteiger partial charge is 0.494 e. The molecule has 4 heteroatoms. The quantitative estimate of drug-likeness (QED) is 0.873. The lowest BCUT2D eigenvalue weighted by Gasteiger charge is -2.38. The first-order valence-electron chi connectivity index (χ1n) is 7.96. The fraction of sp³-hybridized carbons (Fsp3) is 0.647. The molecule has 1 N–H and O–H groups in total. The Labute approximate surface area is 127 Å². The van der Waals surface area contributed by atoms with Crippen molar-refractivity contribution in [2.75, 3.05) is 26.7 Å². The Morgan fingerprint density at radius 3 is 2.86 bits per heavy atom. The Hall–Kier alpha value is -1.13. The van der Waals surface area contributed by atoms with Crippen LogP contribution in [-0.4, -0.2) is 37.7 Å². The third kappa shape index (κ3) is 3.95. The van der Waals surface area contributed by atoms with Gasteiger partial charge in [0.1, 0.15) is 0 Å². The molecule has 21 heavy (non-hydrogen) atoms. The van der Waals surface area contributed by atoms with Crippen LogP contribution in [0.3, 0.4) is 0 Å². The summed E-state index contributed by atoms with van der Waals surface area (Å²) in [6.07, 6.45) is 2.30. The molecule has 118 valence electrons. The highest BCUT2D eigenvalue weighted by molar-refractivity contribution is 5.31. The summed E-state index contributed by atoms with van der Waals surface area (Å²) < 4.78 is 19.3. The zero-order chi connectivity index (χ0) is 15.2. The lowest BCUT2D eigenvalue weighted by Crippen LogP contribution is -2.48. The molecule has 2 rings (SSSR count). The molecule has 0 aromatic heterocycles. The highest BCUT2D eigenvalue weighted by Crippen LogP contribution is 2.25. The lowest BCUT2D eigenvalue weighted by molar-refractivity contribution is 0.128. The number of nitrogens with zero attached hydrogens (tertiary/aromatic N) is 1. The van der Waals surface area contributed by atoms with Crippen LogP contribution in [0.1, 0.15) is 32.3 Å². The maximum Gasteiger partial charge on any atom is 0.169 e. The van der Waals surface area contributed by atoms with E-state index in [-0.39, 0.29) is 5.82 Å². The maximum absolute atomic E-state index is 14.2. The van der Waals surface area contributed by atoms with Gasteiger partial charge < -0.3 is 10.1 Å². The standard InChI is InChI=1S/C17H27FN2O/c1-4-13-11-20(10-9-15(13)19-5-2)12-14-7-6-8-16(21-3)17(14)18/h6-8,13,15,19H,4-5,9-12H2,1-3H3. The number of ether oxygens (including phenoxy) is 1. The minimum atomic E-state index is -0.221. The smallest absolute Gasteiger partial charge is 0.169 e. The van der Waals surface area contributed by atoms with E-state index >= 15 is 0 Å². The average molecular weight is 294 g/mol. The highest BCUT2D eigenvalue weighted by Gasteiger charge is 2.27. The van der Waals surface area contributed by atoms with Gasteiger partial charge in [-0.15, -0.1) is 0 Å². The van der Waals surface area contributed by atoms with Crippen molar-refractivity contribution in [2.45, 2.75) is 39.3 Å². The van der Waals surface area contributed by atoms with Crippen LogP contribution in [0.2, 0.25) is 0 Å². The van der Waals surface area contributed by atoms with Crippen LogP contribution in [0.5, 0.6) is 5.75 Å². The van der Waals surface area contributed by atoms with E-state index in [0.717, 1.165) is 38.0 Å². The van der Waals surface area contributed by atoms with Gasteiger partial charge >= 0.3 is 0 Å². The van der Waals surface area contributed by atoms with Crippen molar-refractivity contribution in [3.05, 3.63) is 29.6 Å². The highest BCUT2D eigenvalue weighted by atomic mass is 19.1. The molecule has 1 aliphatic heterocycles. The Balaban J connectivity index is 2.01. The van der Waals surface area contributed by atoms with E-state index in [1.54, 1.807) is 6.07 Å². The molecular weight excluding hydrogens is 267 g/mol. The van der Waals surface area contributed by atoms with E-state index in [9.17, 15) is 4.39 Å². The van der Waals surface area contributed by atoms with Gasteiger partial charge in [-0.25, -0.2) is 4.39 Å². The van der Waals surface area contributed by atoms with E-state index in [1.807, 2.05) is 12.1 Å². The van der Waals surface area contributed by atoms with Crippen LogP contribution >= 0.6 is 0 Å². The summed E-state index contributed by atoms with van der Waals surface area (Å²) in [7, 11) is 1.51. The van der Waals surface area contributed by atoms with Gasteiger partial charge in [-0.05, 0) is 31.5 Å². The Morgan fingerprint density at radius 2 is 2.19 bits per heavy atom.